The number of benzene rings is 1. The number of urea groups is 1. The van der Waals surface area contributed by atoms with E-state index in [9.17, 15) is 4.79 Å². The Bertz CT molecular complexity index is 701. The number of piperazine rings is 1. The highest BCUT2D eigenvalue weighted by atomic mass is 35.5. The average molecular weight is 393 g/mol. The summed E-state index contributed by atoms with van der Waals surface area (Å²) >= 11 is 7.61. The van der Waals surface area contributed by atoms with Crippen molar-refractivity contribution in [1.82, 2.24) is 15.1 Å². The lowest BCUT2D eigenvalue weighted by molar-refractivity contribution is 0.136. The fraction of sp³-hybridized carbons (Fsp3) is 0.421. The molecule has 1 aliphatic heterocycles. The molecule has 0 bridgehead atoms. The molecule has 2 amide bonds. The standard InChI is InChI=1S/C19H25ClN4OS/c1-22(16-5-3-2-4-6-16)10-9-21-19(25)24-13-11-23(12-14-24)15-17-7-8-18(20)26-17/h2-8H,9-15H2,1H3,(H,21,25). The maximum absolute atomic E-state index is 12.3. The van der Waals surface area contributed by atoms with Gasteiger partial charge in [0.2, 0.25) is 0 Å². The predicted molar refractivity (Wildman–Crippen MR) is 109 cm³/mol. The van der Waals surface area contributed by atoms with Gasteiger partial charge in [0, 0.05) is 63.4 Å². The van der Waals surface area contributed by atoms with Gasteiger partial charge in [-0.1, -0.05) is 29.8 Å². The minimum Gasteiger partial charge on any atom is -0.373 e. The summed E-state index contributed by atoms with van der Waals surface area (Å²) in [5.74, 6) is 0. The quantitative estimate of drug-likeness (QED) is 0.819. The van der Waals surface area contributed by atoms with E-state index in [4.69, 9.17) is 11.6 Å². The summed E-state index contributed by atoms with van der Waals surface area (Å²) in [5, 5.41) is 3.03. The number of rotatable bonds is 6. The van der Waals surface area contributed by atoms with Crippen LogP contribution in [0.5, 0.6) is 0 Å². The minimum absolute atomic E-state index is 0.0327. The Labute approximate surface area is 164 Å². The van der Waals surface area contributed by atoms with Crippen LogP contribution in [0.15, 0.2) is 42.5 Å². The van der Waals surface area contributed by atoms with Crippen molar-refractivity contribution < 1.29 is 4.79 Å². The van der Waals surface area contributed by atoms with Gasteiger partial charge in [-0.25, -0.2) is 4.79 Å². The van der Waals surface area contributed by atoms with Crippen LogP contribution in [0.1, 0.15) is 4.88 Å². The van der Waals surface area contributed by atoms with Crippen molar-refractivity contribution in [2.24, 2.45) is 0 Å². The van der Waals surface area contributed by atoms with Gasteiger partial charge in [-0.2, -0.15) is 0 Å². The van der Waals surface area contributed by atoms with Crippen molar-refractivity contribution >= 4 is 34.7 Å². The lowest BCUT2D eigenvalue weighted by Gasteiger charge is -2.34. The molecule has 3 rings (SSSR count). The zero-order chi connectivity index (χ0) is 18.4. The van der Waals surface area contributed by atoms with Crippen LogP contribution in [0, 0.1) is 0 Å². The number of nitrogens with one attached hydrogen (secondary N) is 1. The Morgan fingerprint density at radius 2 is 1.88 bits per heavy atom. The maximum atomic E-state index is 12.3. The molecule has 2 heterocycles. The van der Waals surface area contributed by atoms with E-state index in [2.05, 4.69) is 33.3 Å². The SMILES string of the molecule is CN(CCNC(=O)N1CCN(Cc2ccc(Cl)s2)CC1)c1ccccc1. The zero-order valence-electron chi connectivity index (χ0n) is 15.0. The van der Waals surface area contributed by atoms with Crippen LogP contribution >= 0.6 is 22.9 Å². The summed E-state index contributed by atoms with van der Waals surface area (Å²) < 4.78 is 0.832. The van der Waals surface area contributed by atoms with Crippen LogP contribution in [-0.2, 0) is 6.54 Å². The fourth-order valence-electron chi connectivity index (χ4n) is 3.02. The van der Waals surface area contributed by atoms with E-state index in [1.807, 2.05) is 36.2 Å². The highest BCUT2D eigenvalue weighted by molar-refractivity contribution is 7.16. The minimum atomic E-state index is 0.0327. The average Bonchev–Trinajstić information content (AvgIpc) is 3.07. The number of thiophene rings is 1. The number of nitrogens with zero attached hydrogens (tertiary/aromatic N) is 3. The van der Waals surface area contributed by atoms with Gasteiger partial charge < -0.3 is 15.1 Å². The second kappa shape index (κ2) is 9.26. The monoisotopic (exact) mass is 392 g/mol. The molecule has 1 aromatic carbocycles. The van der Waals surface area contributed by atoms with Crippen molar-refractivity contribution in [3.05, 3.63) is 51.7 Å². The zero-order valence-corrected chi connectivity index (χ0v) is 16.6. The van der Waals surface area contributed by atoms with E-state index in [1.165, 1.54) is 4.88 Å². The smallest absolute Gasteiger partial charge is 0.317 e. The molecule has 2 aromatic rings. The molecule has 0 aliphatic carbocycles. The molecule has 0 spiro atoms. The Morgan fingerprint density at radius 3 is 2.54 bits per heavy atom. The molecule has 1 saturated heterocycles. The van der Waals surface area contributed by atoms with E-state index in [-0.39, 0.29) is 6.03 Å². The Hall–Kier alpha value is -1.76. The molecule has 0 unspecified atom stereocenters. The summed E-state index contributed by atoms with van der Waals surface area (Å²) in [6, 6.07) is 14.2. The molecule has 0 saturated carbocycles. The van der Waals surface area contributed by atoms with Gasteiger partial charge in [0.15, 0.2) is 0 Å². The first-order chi connectivity index (χ1) is 12.6. The van der Waals surface area contributed by atoms with Gasteiger partial charge in [0.1, 0.15) is 0 Å². The predicted octanol–water partition coefficient (Wildman–Crippen LogP) is 3.37. The van der Waals surface area contributed by atoms with Crippen LogP contribution in [0.2, 0.25) is 4.34 Å². The molecule has 0 atom stereocenters. The topological polar surface area (TPSA) is 38.8 Å². The number of carbonyl (C=O) groups is 1. The number of para-hydroxylation sites is 1. The van der Waals surface area contributed by atoms with Crippen molar-refractivity contribution in [3.8, 4) is 0 Å². The number of hydrogen-bond acceptors (Lipinski definition) is 4. The highest BCUT2D eigenvalue weighted by Gasteiger charge is 2.21. The first-order valence-electron chi connectivity index (χ1n) is 8.87. The van der Waals surface area contributed by atoms with Gasteiger partial charge in [0.25, 0.3) is 0 Å². The van der Waals surface area contributed by atoms with Gasteiger partial charge in [-0.15, -0.1) is 11.3 Å². The van der Waals surface area contributed by atoms with Crippen LogP contribution in [0.25, 0.3) is 0 Å². The molecule has 5 nitrogen and oxygen atoms in total. The third-order valence-electron chi connectivity index (χ3n) is 4.59. The van der Waals surface area contributed by atoms with Crippen molar-refractivity contribution in [1.29, 1.82) is 0 Å². The summed E-state index contributed by atoms with van der Waals surface area (Å²) in [6.45, 7) is 5.65. The van der Waals surface area contributed by atoms with E-state index >= 15 is 0 Å². The fourth-order valence-corrected chi connectivity index (χ4v) is 4.15. The third kappa shape index (κ3) is 5.37. The molecule has 1 aliphatic rings. The lowest BCUT2D eigenvalue weighted by atomic mass is 10.3. The molecule has 140 valence electrons. The van der Waals surface area contributed by atoms with Crippen molar-refractivity contribution in [3.63, 3.8) is 0 Å². The molecular weight excluding hydrogens is 368 g/mol. The Balaban J connectivity index is 1.36. The first kappa shape index (κ1) is 19.0. The largest absolute Gasteiger partial charge is 0.373 e. The first-order valence-corrected chi connectivity index (χ1v) is 10.1. The van der Waals surface area contributed by atoms with E-state index < -0.39 is 0 Å². The molecule has 1 aromatic heterocycles. The molecule has 0 radical (unpaired) electrons. The van der Waals surface area contributed by atoms with E-state index in [1.54, 1.807) is 11.3 Å². The maximum Gasteiger partial charge on any atom is 0.317 e. The van der Waals surface area contributed by atoms with Gasteiger partial charge in [-0.3, -0.25) is 4.90 Å². The molecule has 26 heavy (non-hydrogen) atoms. The summed E-state index contributed by atoms with van der Waals surface area (Å²) in [7, 11) is 2.04. The summed E-state index contributed by atoms with van der Waals surface area (Å²) in [5.41, 5.74) is 1.16. The number of hydrogen-bond donors (Lipinski definition) is 1. The molecule has 1 fully saturated rings. The number of anilines is 1. The number of halogens is 1. The van der Waals surface area contributed by atoms with Crippen molar-refractivity contribution in [2.75, 3.05) is 51.2 Å². The number of amides is 2. The van der Waals surface area contributed by atoms with Crippen LogP contribution in [0.4, 0.5) is 10.5 Å². The number of likely N-dealkylation sites (N-methyl/N-ethyl adjacent to an activating group) is 1. The second-order valence-electron chi connectivity index (χ2n) is 6.46. The van der Waals surface area contributed by atoms with E-state index in [0.717, 1.165) is 49.3 Å². The van der Waals surface area contributed by atoms with Crippen molar-refractivity contribution in [2.45, 2.75) is 6.54 Å². The van der Waals surface area contributed by atoms with Gasteiger partial charge >= 0.3 is 6.03 Å². The highest BCUT2D eigenvalue weighted by Crippen LogP contribution is 2.23. The third-order valence-corrected chi connectivity index (χ3v) is 5.80. The number of carbonyl (C=O) groups excluding carboxylic acids is 1. The van der Waals surface area contributed by atoms with Gasteiger partial charge in [-0.05, 0) is 24.3 Å². The summed E-state index contributed by atoms with van der Waals surface area (Å²) in [4.78, 5) is 20.0. The van der Waals surface area contributed by atoms with Gasteiger partial charge in [0.05, 0.1) is 4.34 Å². The molecule has 7 heteroatoms. The van der Waals surface area contributed by atoms with Crippen LogP contribution in [0.3, 0.4) is 0 Å². The second-order valence-corrected chi connectivity index (χ2v) is 8.26. The Morgan fingerprint density at radius 1 is 1.15 bits per heavy atom. The molecular formula is C19H25ClN4OS. The Kier molecular flexibility index (Phi) is 6.77. The van der Waals surface area contributed by atoms with E-state index in [0.29, 0.717) is 6.54 Å². The normalized spacial score (nSPS) is 15.1. The summed E-state index contributed by atoms with van der Waals surface area (Å²) in [6.07, 6.45) is 0. The van der Waals surface area contributed by atoms with Crippen LogP contribution < -0.4 is 10.2 Å². The lowest BCUT2D eigenvalue weighted by Crippen LogP contribution is -2.52. The van der Waals surface area contributed by atoms with Crippen LogP contribution in [-0.4, -0.2) is 62.1 Å². The molecule has 1 N–H and O–H groups in total.